The molecule has 5 aromatic rings. The van der Waals surface area contributed by atoms with Gasteiger partial charge in [0.15, 0.2) is 5.65 Å². The third-order valence-electron chi connectivity index (χ3n) is 7.89. The van der Waals surface area contributed by atoms with Crippen molar-refractivity contribution in [1.82, 2.24) is 19.4 Å². The molecule has 2 aromatic heterocycles. The van der Waals surface area contributed by atoms with Crippen molar-refractivity contribution < 1.29 is 14.3 Å². The molecule has 11 heteroatoms. The normalized spacial score (nSPS) is 12.7. The second kappa shape index (κ2) is 13.3. The topological polar surface area (TPSA) is 105 Å². The highest BCUT2D eigenvalue weighted by Gasteiger charge is 2.32. The van der Waals surface area contributed by atoms with Crippen LogP contribution in [0.1, 0.15) is 11.1 Å². The molecule has 46 heavy (non-hydrogen) atoms. The fourth-order valence-corrected chi connectivity index (χ4v) is 5.55. The lowest BCUT2D eigenvalue weighted by Gasteiger charge is -2.38. The molecule has 1 aliphatic heterocycles. The van der Waals surface area contributed by atoms with E-state index < -0.39 is 6.09 Å². The smallest absolute Gasteiger partial charge is 0.414 e. The fraction of sp³-hybridized carbons (Fsp3) is 0.257. The fourth-order valence-electron chi connectivity index (χ4n) is 5.55. The third kappa shape index (κ3) is 6.22. The van der Waals surface area contributed by atoms with Gasteiger partial charge in [-0.15, -0.1) is 0 Å². The Kier molecular flexibility index (Phi) is 8.84. The Bertz CT molecular complexity index is 1910. The van der Waals surface area contributed by atoms with E-state index >= 15 is 0 Å². The largest absolute Gasteiger partial charge is 0.492 e. The summed E-state index contributed by atoms with van der Waals surface area (Å²) in [6.07, 6.45) is 1.27. The maximum absolute atomic E-state index is 14.5. The Balaban J connectivity index is 1.39. The van der Waals surface area contributed by atoms with E-state index in [4.69, 9.17) is 9.47 Å². The van der Waals surface area contributed by atoms with Crippen LogP contribution in [0.15, 0.2) is 89.9 Å². The second-order valence-electron chi connectivity index (χ2n) is 11.3. The van der Waals surface area contributed by atoms with E-state index in [9.17, 15) is 9.59 Å². The molecular weight excluding hydrogens is 582 g/mol. The Morgan fingerprint density at radius 1 is 0.978 bits per heavy atom. The van der Waals surface area contributed by atoms with Gasteiger partial charge in [-0.05, 0) is 68.5 Å². The van der Waals surface area contributed by atoms with Crippen LogP contribution in [0, 0.1) is 6.92 Å². The van der Waals surface area contributed by atoms with Crippen LogP contribution < -0.4 is 25.4 Å². The number of amides is 1. The van der Waals surface area contributed by atoms with Crippen LogP contribution in [-0.2, 0) is 11.3 Å². The Morgan fingerprint density at radius 2 is 1.76 bits per heavy atom. The molecule has 0 fully saturated rings. The van der Waals surface area contributed by atoms with E-state index in [2.05, 4.69) is 20.2 Å². The van der Waals surface area contributed by atoms with Crippen LogP contribution in [0.2, 0.25) is 0 Å². The number of hydrogen-bond donors (Lipinski definition) is 1. The van der Waals surface area contributed by atoms with Crippen molar-refractivity contribution >= 4 is 40.1 Å². The van der Waals surface area contributed by atoms with Crippen molar-refractivity contribution in [3.8, 4) is 11.4 Å². The maximum Gasteiger partial charge on any atom is 0.414 e. The highest BCUT2D eigenvalue weighted by Crippen LogP contribution is 2.40. The number of rotatable bonds is 9. The zero-order valence-corrected chi connectivity index (χ0v) is 26.4. The Hall–Kier alpha value is -5.42. The summed E-state index contributed by atoms with van der Waals surface area (Å²) in [7, 11) is 5.73. The van der Waals surface area contributed by atoms with Crippen molar-refractivity contribution in [1.29, 1.82) is 0 Å². The zero-order valence-electron chi connectivity index (χ0n) is 26.4. The molecule has 0 radical (unpaired) electrons. The van der Waals surface area contributed by atoms with Crippen molar-refractivity contribution in [3.05, 3.63) is 107 Å². The highest BCUT2D eigenvalue weighted by atomic mass is 16.6. The van der Waals surface area contributed by atoms with E-state index in [0.717, 1.165) is 23.4 Å². The lowest BCUT2D eigenvalue weighted by molar-refractivity contribution is 0.147. The molecule has 236 valence electrons. The number of nitrogens with one attached hydrogen (secondary N) is 1. The molecule has 0 bridgehead atoms. The first-order chi connectivity index (χ1) is 22.3. The first kappa shape index (κ1) is 30.6. The van der Waals surface area contributed by atoms with Crippen LogP contribution in [0.5, 0.6) is 5.75 Å². The molecule has 11 nitrogen and oxygen atoms in total. The van der Waals surface area contributed by atoms with Gasteiger partial charge in [0.1, 0.15) is 24.7 Å². The summed E-state index contributed by atoms with van der Waals surface area (Å²) in [6.45, 7) is 4.17. The summed E-state index contributed by atoms with van der Waals surface area (Å²) in [4.78, 5) is 42.6. The van der Waals surface area contributed by atoms with Gasteiger partial charge in [0.05, 0.1) is 17.1 Å². The van der Waals surface area contributed by atoms with Crippen molar-refractivity contribution in [2.45, 2.75) is 13.5 Å². The molecule has 1 aliphatic rings. The predicted molar refractivity (Wildman–Crippen MR) is 181 cm³/mol. The van der Waals surface area contributed by atoms with Gasteiger partial charge in [-0.25, -0.2) is 9.78 Å². The van der Waals surface area contributed by atoms with Gasteiger partial charge in [0.2, 0.25) is 5.95 Å². The zero-order chi connectivity index (χ0) is 32.2. The summed E-state index contributed by atoms with van der Waals surface area (Å²) in [5.74, 6) is 1.12. The van der Waals surface area contributed by atoms with E-state index in [-0.39, 0.29) is 12.2 Å². The lowest BCUT2D eigenvalue weighted by atomic mass is 10.1. The number of likely N-dealkylation sites (N-methyl/N-ethyl adjacent to an activating group) is 1. The number of para-hydroxylation sites is 1. The quantitative estimate of drug-likeness (QED) is 0.233. The van der Waals surface area contributed by atoms with Crippen LogP contribution in [0.25, 0.3) is 16.7 Å². The number of fused-ring (bicyclic) bond motifs is 2. The standard InChI is InChI=1S/C35H37N7O4/c1-24-9-8-12-29-31(24)41(35(44)46-23-25-10-6-5-7-11-25)18-17-40(29)30-21-26-22-37-34(36-2)38-32(26)42(33(30)43)27-13-15-28(16-14-27)45-20-19-39(3)4/h5-16,21-22H,17-20,23H2,1-4H3,(H,36,37,38). The number of carbonyl (C=O) groups excluding carboxylic acids is 1. The average Bonchev–Trinajstić information content (AvgIpc) is 3.07. The first-order valence-electron chi connectivity index (χ1n) is 15.2. The minimum absolute atomic E-state index is 0.171. The van der Waals surface area contributed by atoms with Gasteiger partial charge in [-0.2, -0.15) is 4.98 Å². The second-order valence-corrected chi connectivity index (χ2v) is 11.3. The monoisotopic (exact) mass is 619 g/mol. The van der Waals surface area contributed by atoms with Crippen LogP contribution in [0.3, 0.4) is 0 Å². The molecule has 1 amide bonds. The van der Waals surface area contributed by atoms with E-state index in [1.54, 1.807) is 22.7 Å². The number of aryl methyl sites for hydroxylation is 1. The predicted octanol–water partition coefficient (Wildman–Crippen LogP) is 5.37. The number of nitrogens with zero attached hydrogens (tertiary/aromatic N) is 6. The molecule has 1 N–H and O–H groups in total. The maximum atomic E-state index is 14.5. The highest BCUT2D eigenvalue weighted by molar-refractivity contribution is 5.97. The minimum Gasteiger partial charge on any atom is -0.492 e. The van der Waals surface area contributed by atoms with E-state index in [1.807, 2.05) is 105 Å². The molecule has 0 spiro atoms. The number of pyridine rings is 1. The SMILES string of the molecule is CNc1ncc2cc(N3CCN(C(=O)OCc4ccccc4)c4c(C)cccc43)c(=O)n(-c3ccc(OCCN(C)C)cc3)c2n1. The number of ether oxygens (including phenoxy) is 2. The summed E-state index contributed by atoms with van der Waals surface area (Å²) in [6, 6.07) is 24.6. The number of carbonyl (C=O) groups is 1. The van der Waals surface area contributed by atoms with Crippen molar-refractivity contribution in [3.63, 3.8) is 0 Å². The van der Waals surface area contributed by atoms with Crippen molar-refractivity contribution in [2.24, 2.45) is 0 Å². The average molecular weight is 620 g/mol. The van der Waals surface area contributed by atoms with Gasteiger partial charge in [-0.3, -0.25) is 14.3 Å². The molecular formula is C35H37N7O4. The molecule has 6 rings (SSSR count). The summed E-state index contributed by atoms with van der Waals surface area (Å²) >= 11 is 0. The molecule has 3 heterocycles. The number of aromatic nitrogens is 3. The van der Waals surface area contributed by atoms with Gasteiger partial charge >= 0.3 is 6.09 Å². The molecule has 0 saturated heterocycles. The number of anilines is 4. The number of hydrogen-bond acceptors (Lipinski definition) is 9. The summed E-state index contributed by atoms with van der Waals surface area (Å²) in [5, 5.41) is 3.66. The molecule has 0 aliphatic carbocycles. The molecule has 0 saturated carbocycles. The van der Waals surface area contributed by atoms with Crippen LogP contribution in [-0.4, -0.2) is 72.9 Å². The van der Waals surface area contributed by atoms with Crippen LogP contribution in [0.4, 0.5) is 27.8 Å². The minimum atomic E-state index is -0.434. The van der Waals surface area contributed by atoms with E-state index in [0.29, 0.717) is 59.5 Å². The molecule has 0 unspecified atom stereocenters. The van der Waals surface area contributed by atoms with Gasteiger partial charge in [-0.1, -0.05) is 42.5 Å². The summed E-state index contributed by atoms with van der Waals surface area (Å²) in [5.41, 5.74) is 4.57. The number of benzene rings is 3. The Labute approximate surface area is 267 Å². The van der Waals surface area contributed by atoms with Crippen LogP contribution >= 0.6 is 0 Å². The van der Waals surface area contributed by atoms with Gasteiger partial charge < -0.3 is 24.6 Å². The third-order valence-corrected chi connectivity index (χ3v) is 7.89. The molecule has 3 aromatic carbocycles. The summed E-state index contributed by atoms with van der Waals surface area (Å²) < 4.78 is 13.2. The van der Waals surface area contributed by atoms with E-state index in [1.165, 1.54) is 0 Å². The van der Waals surface area contributed by atoms with Gasteiger partial charge in [0.25, 0.3) is 5.56 Å². The van der Waals surface area contributed by atoms with Crippen molar-refractivity contribution in [2.75, 3.05) is 62.5 Å². The Morgan fingerprint density at radius 3 is 2.50 bits per heavy atom. The first-order valence-corrected chi connectivity index (χ1v) is 15.2. The lowest BCUT2D eigenvalue weighted by Crippen LogP contribution is -2.44. The molecule has 0 atom stereocenters. The van der Waals surface area contributed by atoms with Gasteiger partial charge in [0, 0.05) is 38.3 Å².